The Kier molecular flexibility index (Phi) is 11.4. The highest BCUT2D eigenvalue weighted by Crippen LogP contribution is 2.25. The molecule has 2 heterocycles. The van der Waals surface area contributed by atoms with E-state index in [1.165, 1.54) is 5.56 Å². The monoisotopic (exact) mass is 501 g/mol. The number of amides is 1. The Morgan fingerprint density at radius 2 is 2.07 bits per heavy atom. The first-order valence-corrected chi connectivity index (χ1v) is 10.2. The number of carbonyl (C=O) groups is 1. The maximum atomic E-state index is 11.6. The highest BCUT2D eigenvalue weighted by Gasteiger charge is 2.23. The summed E-state index contributed by atoms with van der Waals surface area (Å²) >= 11 is 0. The summed E-state index contributed by atoms with van der Waals surface area (Å²) in [7, 11) is 1.71. The van der Waals surface area contributed by atoms with Crippen LogP contribution in [0.15, 0.2) is 29.5 Å². The Hall–Kier alpha value is -1.38. The second-order valence-corrected chi connectivity index (χ2v) is 7.64. The number of nitrogens with zero attached hydrogens (tertiary/aromatic N) is 3. The molecular weight excluding hydrogens is 465 g/mol. The molecule has 0 bridgehead atoms. The number of nitrogens with one attached hydrogen (secondary N) is 2. The SMILES string of the molecule is CCNC(=NCC(c1cccnc1)C(C)C)N1CCC(CC(=O)NC)CC1.I. The third kappa shape index (κ3) is 7.56. The highest BCUT2D eigenvalue weighted by atomic mass is 127. The van der Waals surface area contributed by atoms with E-state index in [1.807, 2.05) is 18.5 Å². The standard InChI is InChI=1S/C21H35N5O.HI/c1-5-24-21(26-11-8-17(9-12-26)13-20(27)22-4)25-15-19(16(2)3)18-7-6-10-23-14-18;/h6-7,10,14,16-17,19H,5,8-9,11-13,15H2,1-4H3,(H,22,27)(H,24,25);1H. The molecule has 0 saturated carbocycles. The van der Waals surface area contributed by atoms with Crippen molar-refractivity contribution in [3.8, 4) is 0 Å². The average Bonchev–Trinajstić information content (AvgIpc) is 2.68. The summed E-state index contributed by atoms with van der Waals surface area (Å²) in [6.45, 7) is 10.1. The van der Waals surface area contributed by atoms with Gasteiger partial charge in [-0.25, -0.2) is 0 Å². The van der Waals surface area contributed by atoms with Gasteiger partial charge in [0, 0.05) is 58.0 Å². The van der Waals surface area contributed by atoms with Crippen LogP contribution in [0.3, 0.4) is 0 Å². The Morgan fingerprint density at radius 3 is 2.61 bits per heavy atom. The van der Waals surface area contributed by atoms with Gasteiger partial charge < -0.3 is 15.5 Å². The zero-order chi connectivity index (χ0) is 19.6. The lowest BCUT2D eigenvalue weighted by Gasteiger charge is -2.34. The van der Waals surface area contributed by atoms with Gasteiger partial charge in [-0.1, -0.05) is 19.9 Å². The molecular formula is C21H36IN5O. The van der Waals surface area contributed by atoms with Gasteiger partial charge in [-0.2, -0.15) is 0 Å². The fourth-order valence-electron chi connectivity index (χ4n) is 3.62. The van der Waals surface area contributed by atoms with Gasteiger partial charge in [-0.05, 0) is 43.2 Å². The molecule has 1 saturated heterocycles. The van der Waals surface area contributed by atoms with E-state index in [-0.39, 0.29) is 29.9 Å². The molecule has 7 heteroatoms. The summed E-state index contributed by atoms with van der Waals surface area (Å²) in [5.74, 6) is 2.47. The molecule has 1 aliphatic heterocycles. The van der Waals surface area contributed by atoms with Crippen LogP contribution in [0.2, 0.25) is 0 Å². The molecule has 158 valence electrons. The number of pyridine rings is 1. The molecule has 1 aromatic rings. The molecule has 2 N–H and O–H groups in total. The van der Waals surface area contributed by atoms with E-state index in [2.05, 4.69) is 47.4 Å². The van der Waals surface area contributed by atoms with Crippen LogP contribution in [0.4, 0.5) is 0 Å². The Labute approximate surface area is 187 Å². The molecule has 1 aliphatic rings. The van der Waals surface area contributed by atoms with Gasteiger partial charge in [0.1, 0.15) is 0 Å². The molecule has 1 atom stereocenters. The summed E-state index contributed by atoms with van der Waals surface area (Å²) in [4.78, 5) is 23.2. The Bertz CT molecular complexity index is 600. The molecule has 0 aliphatic carbocycles. The van der Waals surface area contributed by atoms with Crippen LogP contribution >= 0.6 is 24.0 Å². The van der Waals surface area contributed by atoms with Gasteiger partial charge in [0.25, 0.3) is 0 Å². The second-order valence-electron chi connectivity index (χ2n) is 7.64. The zero-order valence-corrected chi connectivity index (χ0v) is 20.0. The Balaban J connectivity index is 0.00000392. The van der Waals surface area contributed by atoms with Crippen molar-refractivity contribution in [2.75, 3.05) is 33.2 Å². The molecule has 0 radical (unpaired) electrons. The van der Waals surface area contributed by atoms with Crippen LogP contribution in [-0.2, 0) is 4.79 Å². The van der Waals surface area contributed by atoms with Crippen LogP contribution in [0, 0.1) is 11.8 Å². The number of guanidine groups is 1. The van der Waals surface area contributed by atoms with Crippen molar-refractivity contribution in [3.63, 3.8) is 0 Å². The first-order chi connectivity index (χ1) is 13.0. The maximum absolute atomic E-state index is 11.6. The predicted molar refractivity (Wildman–Crippen MR) is 126 cm³/mol. The van der Waals surface area contributed by atoms with E-state index in [0.717, 1.165) is 45.0 Å². The number of hydrogen-bond acceptors (Lipinski definition) is 3. The smallest absolute Gasteiger partial charge is 0.220 e. The molecule has 1 fully saturated rings. The lowest BCUT2D eigenvalue weighted by atomic mass is 9.89. The predicted octanol–water partition coefficient (Wildman–Crippen LogP) is 3.25. The number of piperidine rings is 1. The van der Waals surface area contributed by atoms with Gasteiger partial charge in [0.15, 0.2) is 5.96 Å². The van der Waals surface area contributed by atoms with Gasteiger partial charge in [0.05, 0.1) is 0 Å². The average molecular weight is 501 g/mol. The minimum absolute atomic E-state index is 0. The number of aromatic nitrogens is 1. The Morgan fingerprint density at radius 1 is 1.36 bits per heavy atom. The molecule has 0 spiro atoms. The molecule has 6 nitrogen and oxygen atoms in total. The van der Waals surface area contributed by atoms with Gasteiger partial charge in [-0.15, -0.1) is 24.0 Å². The quantitative estimate of drug-likeness (QED) is 0.342. The molecule has 2 rings (SSSR count). The molecule has 1 unspecified atom stereocenters. The van der Waals surface area contributed by atoms with E-state index >= 15 is 0 Å². The minimum Gasteiger partial charge on any atom is -0.359 e. The number of hydrogen-bond donors (Lipinski definition) is 2. The van der Waals surface area contributed by atoms with E-state index in [4.69, 9.17) is 4.99 Å². The normalized spacial score (nSPS) is 16.5. The summed E-state index contributed by atoms with van der Waals surface area (Å²) in [6.07, 6.45) is 6.48. The molecule has 0 aromatic carbocycles. The van der Waals surface area contributed by atoms with Crippen LogP contribution in [-0.4, -0.2) is 55.0 Å². The van der Waals surface area contributed by atoms with Crippen LogP contribution < -0.4 is 10.6 Å². The summed E-state index contributed by atoms with van der Waals surface area (Å²) < 4.78 is 0. The van der Waals surface area contributed by atoms with Crippen molar-refractivity contribution in [2.45, 2.75) is 46.0 Å². The maximum Gasteiger partial charge on any atom is 0.220 e. The van der Waals surface area contributed by atoms with Gasteiger partial charge in [-0.3, -0.25) is 14.8 Å². The van der Waals surface area contributed by atoms with Crippen LogP contribution in [0.1, 0.15) is 51.5 Å². The molecule has 1 aromatic heterocycles. The fourth-order valence-corrected chi connectivity index (χ4v) is 3.62. The van der Waals surface area contributed by atoms with Crippen LogP contribution in [0.25, 0.3) is 0 Å². The number of halogens is 1. The summed E-state index contributed by atoms with van der Waals surface area (Å²) in [6, 6.07) is 4.14. The van der Waals surface area contributed by atoms with Gasteiger partial charge >= 0.3 is 0 Å². The third-order valence-corrected chi connectivity index (χ3v) is 5.36. The zero-order valence-electron chi connectivity index (χ0n) is 17.6. The number of carbonyl (C=O) groups excluding carboxylic acids is 1. The molecule has 28 heavy (non-hydrogen) atoms. The summed E-state index contributed by atoms with van der Waals surface area (Å²) in [5, 5.41) is 6.18. The minimum atomic E-state index is 0. The second kappa shape index (κ2) is 13.0. The van der Waals surface area contributed by atoms with Crippen molar-refractivity contribution in [3.05, 3.63) is 30.1 Å². The number of likely N-dealkylation sites (tertiary alicyclic amines) is 1. The highest BCUT2D eigenvalue weighted by molar-refractivity contribution is 14.0. The van der Waals surface area contributed by atoms with E-state index in [9.17, 15) is 4.79 Å². The van der Waals surface area contributed by atoms with Crippen LogP contribution in [0.5, 0.6) is 0 Å². The van der Waals surface area contributed by atoms with Crippen molar-refractivity contribution in [1.29, 1.82) is 0 Å². The van der Waals surface area contributed by atoms with Crippen molar-refractivity contribution < 1.29 is 4.79 Å². The fraction of sp³-hybridized carbons (Fsp3) is 0.667. The van der Waals surface area contributed by atoms with E-state index in [1.54, 1.807) is 7.05 Å². The largest absolute Gasteiger partial charge is 0.359 e. The van der Waals surface area contributed by atoms with Crippen molar-refractivity contribution in [1.82, 2.24) is 20.5 Å². The lowest BCUT2D eigenvalue weighted by molar-refractivity contribution is -0.121. The first-order valence-electron chi connectivity index (χ1n) is 10.2. The third-order valence-electron chi connectivity index (χ3n) is 5.36. The topological polar surface area (TPSA) is 69.6 Å². The van der Waals surface area contributed by atoms with E-state index < -0.39 is 0 Å². The summed E-state index contributed by atoms with van der Waals surface area (Å²) in [5.41, 5.74) is 1.25. The first kappa shape index (κ1) is 24.7. The van der Waals surface area contributed by atoms with Crippen molar-refractivity contribution >= 4 is 35.8 Å². The van der Waals surface area contributed by atoms with Crippen molar-refractivity contribution in [2.24, 2.45) is 16.8 Å². The van der Waals surface area contributed by atoms with Gasteiger partial charge in [0.2, 0.25) is 5.91 Å². The molecule has 1 amide bonds. The number of aliphatic imine (C=N–C) groups is 1. The lowest BCUT2D eigenvalue weighted by Crippen LogP contribution is -2.46. The number of rotatable bonds is 7. The van der Waals surface area contributed by atoms with E-state index in [0.29, 0.717) is 24.2 Å².